The van der Waals surface area contributed by atoms with Crippen molar-refractivity contribution >= 4 is 17.5 Å². The van der Waals surface area contributed by atoms with Crippen LogP contribution in [0.1, 0.15) is 28.1 Å². The van der Waals surface area contributed by atoms with Gasteiger partial charge in [0.05, 0.1) is 25.5 Å². The first-order valence-electron chi connectivity index (χ1n) is 10.8. The summed E-state index contributed by atoms with van der Waals surface area (Å²) in [6.45, 7) is 5.00. The number of carbonyl (C=O) groups excluding carboxylic acids is 2. The zero-order valence-corrected chi connectivity index (χ0v) is 18.4. The Morgan fingerprint density at radius 3 is 2.70 bits per heavy atom. The van der Waals surface area contributed by atoms with Gasteiger partial charge in [0.2, 0.25) is 0 Å². The molecule has 0 bridgehead atoms. The second-order valence-electron chi connectivity index (χ2n) is 7.66. The van der Waals surface area contributed by atoms with E-state index in [0.29, 0.717) is 31.2 Å². The number of hydrogen-bond acceptors (Lipinski definition) is 7. The molecule has 0 aliphatic carbocycles. The molecular formula is C24H27N3O6. The van der Waals surface area contributed by atoms with E-state index in [9.17, 15) is 9.59 Å². The number of nitrogens with one attached hydrogen (secondary N) is 2. The van der Waals surface area contributed by atoms with Crippen molar-refractivity contribution in [1.29, 1.82) is 0 Å². The van der Waals surface area contributed by atoms with E-state index in [1.165, 1.54) is 6.26 Å². The summed E-state index contributed by atoms with van der Waals surface area (Å²) in [5, 5.41) is 5.66. The van der Waals surface area contributed by atoms with Gasteiger partial charge in [0.25, 0.3) is 11.8 Å². The lowest BCUT2D eigenvalue weighted by molar-refractivity contribution is -0.123. The van der Waals surface area contributed by atoms with Gasteiger partial charge in [-0.15, -0.1) is 0 Å². The highest BCUT2D eigenvalue weighted by Gasteiger charge is 2.25. The number of carbonyl (C=O) groups is 2. The Morgan fingerprint density at radius 1 is 1.12 bits per heavy atom. The van der Waals surface area contributed by atoms with Gasteiger partial charge in [-0.3, -0.25) is 14.5 Å². The molecule has 0 radical (unpaired) electrons. The Labute approximate surface area is 191 Å². The molecule has 2 amide bonds. The molecule has 3 heterocycles. The lowest BCUT2D eigenvalue weighted by atomic mass is 10.1. The van der Waals surface area contributed by atoms with Crippen LogP contribution < -0.4 is 15.4 Å². The Balaban J connectivity index is 1.29. The minimum Gasteiger partial charge on any atom is -0.484 e. The highest BCUT2D eigenvalue weighted by Crippen LogP contribution is 2.23. The van der Waals surface area contributed by atoms with E-state index in [4.69, 9.17) is 18.3 Å². The van der Waals surface area contributed by atoms with Crippen molar-refractivity contribution < 1.29 is 27.9 Å². The largest absolute Gasteiger partial charge is 0.484 e. The Morgan fingerprint density at radius 2 is 1.97 bits per heavy atom. The first kappa shape index (κ1) is 22.6. The summed E-state index contributed by atoms with van der Waals surface area (Å²) in [6, 6.07) is 13.8. The highest BCUT2D eigenvalue weighted by molar-refractivity contribution is 6.02. The lowest BCUT2D eigenvalue weighted by Crippen LogP contribution is -2.44. The third kappa shape index (κ3) is 6.24. The van der Waals surface area contributed by atoms with Crippen LogP contribution in [0.4, 0.5) is 5.69 Å². The molecule has 2 aromatic heterocycles. The lowest BCUT2D eigenvalue weighted by Gasteiger charge is -2.33. The van der Waals surface area contributed by atoms with Gasteiger partial charge < -0.3 is 28.9 Å². The SMILES string of the molecule is Cc1ccc(C(CNC(=O)COc2cccc(NC(=O)c3ccco3)c2)N2CCOCC2)o1. The number of rotatable bonds is 9. The van der Waals surface area contributed by atoms with E-state index in [1.807, 2.05) is 19.1 Å². The summed E-state index contributed by atoms with van der Waals surface area (Å²) in [7, 11) is 0. The fourth-order valence-corrected chi connectivity index (χ4v) is 3.61. The average molecular weight is 453 g/mol. The van der Waals surface area contributed by atoms with Crippen molar-refractivity contribution in [1.82, 2.24) is 10.2 Å². The predicted molar refractivity (Wildman–Crippen MR) is 120 cm³/mol. The number of aryl methyl sites for hydroxylation is 1. The molecule has 0 saturated carbocycles. The van der Waals surface area contributed by atoms with Crippen molar-refractivity contribution in [3.05, 3.63) is 72.1 Å². The molecule has 1 aliphatic rings. The molecule has 1 aromatic carbocycles. The molecule has 1 aliphatic heterocycles. The molecule has 4 rings (SSSR count). The Hall–Kier alpha value is -3.56. The van der Waals surface area contributed by atoms with Crippen LogP contribution in [0.3, 0.4) is 0 Å². The minimum atomic E-state index is -0.364. The smallest absolute Gasteiger partial charge is 0.291 e. The summed E-state index contributed by atoms with van der Waals surface area (Å²) >= 11 is 0. The van der Waals surface area contributed by atoms with Crippen molar-refractivity contribution in [3.63, 3.8) is 0 Å². The number of hydrogen-bond donors (Lipinski definition) is 2. The number of ether oxygens (including phenoxy) is 2. The Bertz CT molecular complexity index is 1060. The van der Waals surface area contributed by atoms with Crippen LogP contribution in [0.5, 0.6) is 5.75 Å². The number of benzene rings is 1. The van der Waals surface area contributed by atoms with Crippen LogP contribution in [0.2, 0.25) is 0 Å². The van der Waals surface area contributed by atoms with Crippen molar-refractivity contribution in [2.45, 2.75) is 13.0 Å². The van der Waals surface area contributed by atoms with Crippen molar-refractivity contribution in [2.24, 2.45) is 0 Å². The van der Waals surface area contributed by atoms with Gasteiger partial charge >= 0.3 is 0 Å². The summed E-state index contributed by atoms with van der Waals surface area (Å²) in [4.78, 5) is 26.8. The molecule has 2 N–H and O–H groups in total. The summed E-state index contributed by atoms with van der Waals surface area (Å²) in [5.74, 6) is 1.71. The highest BCUT2D eigenvalue weighted by atomic mass is 16.5. The van der Waals surface area contributed by atoms with Gasteiger partial charge in [0.15, 0.2) is 12.4 Å². The maximum Gasteiger partial charge on any atom is 0.291 e. The number of furan rings is 2. The van der Waals surface area contributed by atoms with Gasteiger partial charge in [-0.05, 0) is 43.3 Å². The monoisotopic (exact) mass is 453 g/mol. The topological polar surface area (TPSA) is 106 Å². The predicted octanol–water partition coefficient (Wildman–Crippen LogP) is 3.00. The average Bonchev–Trinajstić information content (AvgIpc) is 3.51. The summed E-state index contributed by atoms with van der Waals surface area (Å²) in [5.41, 5.74) is 0.537. The van der Waals surface area contributed by atoms with Crippen LogP contribution in [0.25, 0.3) is 0 Å². The fraction of sp³-hybridized carbons (Fsp3) is 0.333. The second kappa shape index (κ2) is 10.8. The third-order valence-electron chi connectivity index (χ3n) is 5.28. The summed E-state index contributed by atoms with van der Waals surface area (Å²) < 4.78 is 22.0. The van der Waals surface area contributed by atoms with E-state index in [1.54, 1.807) is 36.4 Å². The molecular weight excluding hydrogens is 426 g/mol. The van der Waals surface area contributed by atoms with Gasteiger partial charge in [-0.1, -0.05) is 6.07 Å². The molecule has 1 atom stereocenters. The van der Waals surface area contributed by atoms with Crippen LogP contribution in [-0.2, 0) is 9.53 Å². The number of morpholine rings is 1. The zero-order chi connectivity index (χ0) is 23.0. The first-order valence-corrected chi connectivity index (χ1v) is 10.8. The molecule has 33 heavy (non-hydrogen) atoms. The van der Waals surface area contributed by atoms with E-state index in [-0.39, 0.29) is 30.2 Å². The van der Waals surface area contributed by atoms with E-state index in [2.05, 4.69) is 15.5 Å². The maximum absolute atomic E-state index is 12.5. The zero-order valence-electron chi connectivity index (χ0n) is 18.4. The van der Waals surface area contributed by atoms with Crippen LogP contribution in [0, 0.1) is 6.92 Å². The van der Waals surface area contributed by atoms with Crippen LogP contribution in [-0.4, -0.2) is 56.2 Å². The van der Waals surface area contributed by atoms with Crippen LogP contribution >= 0.6 is 0 Å². The molecule has 9 nitrogen and oxygen atoms in total. The standard InChI is InChI=1S/C24H27N3O6/c1-17-7-8-21(33-17)20(27-9-12-30-13-10-27)15-25-23(28)16-32-19-5-2-4-18(14-19)26-24(29)22-6-3-11-31-22/h2-8,11,14,20H,9-10,12-13,15-16H2,1H3,(H,25,28)(H,26,29). The van der Waals surface area contributed by atoms with Crippen LogP contribution in [0.15, 0.2) is 63.6 Å². The van der Waals surface area contributed by atoms with Gasteiger partial charge in [0, 0.05) is 31.4 Å². The fourth-order valence-electron chi connectivity index (χ4n) is 3.61. The van der Waals surface area contributed by atoms with Crippen molar-refractivity contribution in [2.75, 3.05) is 44.8 Å². The number of amides is 2. The first-order chi connectivity index (χ1) is 16.1. The van der Waals surface area contributed by atoms with E-state index in [0.717, 1.165) is 24.6 Å². The molecule has 1 saturated heterocycles. The molecule has 1 fully saturated rings. The molecule has 0 spiro atoms. The minimum absolute atomic E-state index is 0.0771. The molecule has 174 valence electrons. The van der Waals surface area contributed by atoms with Gasteiger partial charge in [-0.25, -0.2) is 0 Å². The quantitative estimate of drug-likeness (QED) is 0.513. The normalized spacial score (nSPS) is 15.1. The third-order valence-corrected chi connectivity index (χ3v) is 5.28. The summed E-state index contributed by atoms with van der Waals surface area (Å²) in [6.07, 6.45) is 1.43. The van der Waals surface area contributed by atoms with Gasteiger partial charge in [0.1, 0.15) is 17.3 Å². The maximum atomic E-state index is 12.5. The second-order valence-corrected chi connectivity index (χ2v) is 7.66. The molecule has 9 heteroatoms. The van der Waals surface area contributed by atoms with Crippen molar-refractivity contribution in [3.8, 4) is 5.75 Å². The number of anilines is 1. The van der Waals surface area contributed by atoms with E-state index >= 15 is 0 Å². The Kier molecular flexibility index (Phi) is 7.43. The molecule has 3 aromatic rings. The van der Waals surface area contributed by atoms with Gasteiger partial charge in [-0.2, -0.15) is 0 Å². The number of nitrogens with zero attached hydrogens (tertiary/aromatic N) is 1. The van der Waals surface area contributed by atoms with E-state index < -0.39 is 0 Å². The molecule has 1 unspecified atom stereocenters.